The van der Waals surface area contributed by atoms with Crippen LogP contribution in [0.2, 0.25) is 0 Å². The second kappa shape index (κ2) is 6.96. The lowest BCUT2D eigenvalue weighted by molar-refractivity contribution is 0.0698. The van der Waals surface area contributed by atoms with Gasteiger partial charge in [-0.2, -0.15) is 5.10 Å². The van der Waals surface area contributed by atoms with Gasteiger partial charge in [-0.25, -0.2) is 4.79 Å². The van der Waals surface area contributed by atoms with Crippen molar-refractivity contribution < 1.29 is 14.6 Å². The Kier molecular flexibility index (Phi) is 5.01. The van der Waals surface area contributed by atoms with Gasteiger partial charge >= 0.3 is 5.97 Å². The molecule has 0 saturated carbocycles. The highest BCUT2D eigenvalue weighted by Crippen LogP contribution is 2.18. The first-order valence-corrected chi connectivity index (χ1v) is 7.26. The molecule has 5 heteroatoms. The minimum atomic E-state index is -0.994. The summed E-state index contributed by atoms with van der Waals surface area (Å²) in [5.41, 5.74) is 4.02. The minimum absolute atomic E-state index is 0.179. The van der Waals surface area contributed by atoms with E-state index >= 15 is 0 Å². The van der Waals surface area contributed by atoms with Crippen LogP contribution in [0.4, 0.5) is 5.69 Å². The zero-order valence-corrected chi connectivity index (χ0v) is 13.4. The Hall–Kier alpha value is -2.82. The van der Waals surface area contributed by atoms with Crippen LogP contribution in [-0.2, 0) is 0 Å². The van der Waals surface area contributed by atoms with Gasteiger partial charge in [-0.3, -0.25) is 5.43 Å². The molecule has 0 spiro atoms. The fourth-order valence-corrected chi connectivity index (χ4v) is 1.92. The van der Waals surface area contributed by atoms with E-state index in [4.69, 9.17) is 9.84 Å². The Morgan fingerprint density at radius 1 is 1.13 bits per heavy atom. The number of hydrogen-bond donors (Lipinski definition) is 2. The maximum Gasteiger partial charge on any atom is 0.337 e. The summed E-state index contributed by atoms with van der Waals surface area (Å²) in [5.74, 6) is -0.203. The summed E-state index contributed by atoms with van der Waals surface area (Å²) in [7, 11) is 0. The third-order valence-electron chi connectivity index (χ3n) is 2.86. The molecule has 0 aliphatic carbocycles. The monoisotopic (exact) mass is 312 g/mol. The van der Waals surface area contributed by atoms with Gasteiger partial charge in [0.25, 0.3) is 0 Å². The number of ether oxygens (including phenoxy) is 1. The molecule has 0 aromatic heterocycles. The standard InChI is InChI=1S/C18H20N2O3/c1-18(2,3)23-14-10-8-13(9-11-14)12-19-20-16-7-5-4-6-15(16)17(21)22/h4-12,20H,1-3H3,(H,21,22). The largest absolute Gasteiger partial charge is 0.488 e. The second-order valence-electron chi connectivity index (χ2n) is 6.00. The van der Waals surface area contributed by atoms with Crippen LogP contribution in [0, 0.1) is 0 Å². The van der Waals surface area contributed by atoms with Gasteiger partial charge in [0.05, 0.1) is 17.5 Å². The molecule has 0 heterocycles. The first-order chi connectivity index (χ1) is 10.8. The van der Waals surface area contributed by atoms with Crippen molar-refractivity contribution in [2.75, 3.05) is 5.43 Å². The number of para-hydroxylation sites is 1. The van der Waals surface area contributed by atoms with Crippen molar-refractivity contribution in [2.45, 2.75) is 26.4 Å². The molecule has 0 saturated heterocycles. The molecule has 2 aromatic carbocycles. The van der Waals surface area contributed by atoms with Crippen molar-refractivity contribution in [3.05, 3.63) is 59.7 Å². The van der Waals surface area contributed by atoms with Gasteiger partial charge in [0, 0.05) is 0 Å². The average Bonchev–Trinajstić information content (AvgIpc) is 2.48. The van der Waals surface area contributed by atoms with E-state index in [0.29, 0.717) is 5.69 Å². The molecule has 23 heavy (non-hydrogen) atoms. The molecule has 0 fully saturated rings. The lowest BCUT2D eigenvalue weighted by atomic mass is 10.2. The topological polar surface area (TPSA) is 70.9 Å². The van der Waals surface area contributed by atoms with Gasteiger partial charge < -0.3 is 9.84 Å². The summed E-state index contributed by atoms with van der Waals surface area (Å²) in [5, 5.41) is 13.2. The summed E-state index contributed by atoms with van der Waals surface area (Å²) in [6.45, 7) is 5.98. The Labute approximate surface area is 135 Å². The molecule has 2 rings (SSSR count). The van der Waals surface area contributed by atoms with Crippen LogP contribution in [0.3, 0.4) is 0 Å². The van der Waals surface area contributed by atoms with Crippen LogP contribution in [0.25, 0.3) is 0 Å². The third kappa shape index (κ3) is 5.14. The number of rotatable bonds is 5. The zero-order valence-electron chi connectivity index (χ0n) is 13.4. The number of carbonyl (C=O) groups is 1. The molecular formula is C18H20N2O3. The maximum atomic E-state index is 11.1. The molecule has 0 atom stereocenters. The van der Waals surface area contributed by atoms with Crippen LogP contribution in [0.15, 0.2) is 53.6 Å². The van der Waals surface area contributed by atoms with Gasteiger partial charge in [0.1, 0.15) is 11.4 Å². The number of nitrogens with zero attached hydrogens (tertiary/aromatic N) is 1. The average molecular weight is 312 g/mol. The van der Waals surface area contributed by atoms with Crippen molar-refractivity contribution in [3.63, 3.8) is 0 Å². The second-order valence-corrected chi connectivity index (χ2v) is 6.00. The minimum Gasteiger partial charge on any atom is -0.488 e. The molecule has 120 valence electrons. The van der Waals surface area contributed by atoms with E-state index in [2.05, 4.69) is 10.5 Å². The zero-order chi connectivity index (χ0) is 16.9. The van der Waals surface area contributed by atoms with Crippen molar-refractivity contribution >= 4 is 17.9 Å². The van der Waals surface area contributed by atoms with Crippen molar-refractivity contribution in [1.29, 1.82) is 0 Å². The van der Waals surface area contributed by atoms with Crippen molar-refractivity contribution in [2.24, 2.45) is 5.10 Å². The maximum absolute atomic E-state index is 11.1. The fraction of sp³-hybridized carbons (Fsp3) is 0.222. The Balaban J connectivity index is 2.03. The lowest BCUT2D eigenvalue weighted by Gasteiger charge is -2.21. The van der Waals surface area contributed by atoms with E-state index < -0.39 is 5.97 Å². The van der Waals surface area contributed by atoms with Gasteiger partial charge in [-0.05, 0) is 62.7 Å². The van der Waals surface area contributed by atoms with Crippen LogP contribution >= 0.6 is 0 Å². The van der Waals surface area contributed by atoms with E-state index in [1.807, 2.05) is 45.0 Å². The van der Waals surface area contributed by atoms with E-state index in [-0.39, 0.29) is 11.2 Å². The number of nitrogens with one attached hydrogen (secondary N) is 1. The van der Waals surface area contributed by atoms with Crippen LogP contribution in [0.1, 0.15) is 36.7 Å². The first kappa shape index (κ1) is 16.5. The van der Waals surface area contributed by atoms with Crippen LogP contribution in [0.5, 0.6) is 5.75 Å². The summed E-state index contributed by atoms with van der Waals surface area (Å²) in [4.78, 5) is 11.1. The SMILES string of the molecule is CC(C)(C)Oc1ccc(C=NNc2ccccc2C(=O)O)cc1. The Bertz CT molecular complexity index is 701. The van der Waals surface area contributed by atoms with Gasteiger partial charge in [0.15, 0.2) is 0 Å². The summed E-state index contributed by atoms with van der Waals surface area (Å²) < 4.78 is 5.75. The van der Waals surface area contributed by atoms with Crippen molar-refractivity contribution in [1.82, 2.24) is 0 Å². The van der Waals surface area contributed by atoms with Gasteiger partial charge in [-0.15, -0.1) is 0 Å². The number of anilines is 1. The predicted octanol–water partition coefficient (Wildman–Crippen LogP) is 4.01. The summed E-state index contributed by atoms with van der Waals surface area (Å²) in [6.07, 6.45) is 1.62. The number of carboxylic acids is 1. The van der Waals surface area contributed by atoms with Crippen LogP contribution in [-0.4, -0.2) is 22.9 Å². The van der Waals surface area contributed by atoms with E-state index in [9.17, 15) is 4.79 Å². The quantitative estimate of drug-likeness (QED) is 0.646. The molecule has 0 radical (unpaired) electrons. The smallest absolute Gasteiger partial charge is 0.337 e. The van der Waals surface area contributed by atoms with E-state index in [1.54, 1.807) is 24.4 Å². The number of benzene rings is 2. The molecular weight excluding hydrogens is 292 g/mol. The molecule has 0 bridgehead atoms. The highest BCUT2D eigenvalue weighted by Gasteiger charge is 2.11. The summed E-state index contributed by atoms with van der Waals surface area (Å²) >= 11 is 0. The number of carboxylic acid groups (broad SMARTS) is 1. The fourth-order valence-electron chi connectivity index (χ4n) is 1.92. The van der Waals surface area contributed by atoms with E-state index in [1.165, 1.54) is 6.07 Å². The van der Waals surface area contributed by atoms with Crippen molar-refractivity contribution in [3.8, 4) is 5.75 Å². The molecule has 2 N–H and O–H groups in total. The molecule has 0 aliphatic heterocycles. The number of hydrazone groups is 1. The Morgan fingerprint density at radius 3 is 2.39 bits per heavy atom. The highest BCUT2D eigenvalue weighted by molar-refractivity contribution is 5.94. The summed E-state index contributed by atoms with van der Waals surface area (Å²) in [6, 6.07) is 14.1. The molecule has 0 unspecified atom stereocenters. The molecule has 5 nitrogen and oxygen atoms in total. The first-order valence-electron chi connectivity index (χ1n) is 7.26. The Morgan fingerprint density at radius 2 is 1.78 bits per heavy atom. The normalized spacial score (nSPS) is 11.4. The third-order valence-corrected chi connectivity index (χ3v) is 2.86. The highest BCUT2D eigenvalue weighted by atomic mass is 16.5. The number of hydrogen-bond acceptors (Lipinski definition) is 4. The molecule has 0 amide bonds. The predicted molar refractivity (Wildman–Crippen MR) is 91.4 cm³/mol. The van der Waals surface area contributed by atoms with E-state index in [0.717, 1.165) is 11.3 Å². The van der Waals surface area contributed by atoms with Gasteiger partial charge in [0.2, 0.25) is 0 Å². The van der Waals surface area contributed by atoms with Crippen LogP contribution < -0.4 is 10.2 Å². The lowest BCUT2D eigenvalue weighted by Crippen LogP contribution is -2.22. The number of aromatic carboxylic acids is 1. The van der Waals surface area contributed by atoms with Gasteiger partial charge in [-0.1, -0.05) is 12.1 Å². The molecule has 0 aliphatic rings. The molecule has 2 aromatic rings.